The van der Waals surface area contributed by atoms with Crippen LogP contribution < -0.4 is 20.1 Å². The van der Waals surface area contributed by atoms with Gasteiger partial charge >= 0.3 is 0 Å². The number of pyridine rings is 1. The molecule has 7 heteroatoms. The van der Waals surface area contributed by atoms with E-state index in [1.54, 1.807) is 68.9 Å². The molecule has 138 valence electrons. The zero-order valence-corrected chi connectivity index (χ0v) is 15.6. The van der Waals surface area contributed by atoms with Crippen LogP contribution in [0.5, 0.6) is 11.5 Å². The first kappa shape index (κ1) is 18.5. The van der Waals surface area contributed by atoms with E-state index in [0.717, 1.165) is 11.4 Å². The van der Waals surface area contributed by atoms with Gasteiger partial charge in [0.1, 0.15) is 17.2 Å². The molecule has 0 saturated carbocycles. The SMILES string of the molecule is COc1cccc(NC(=O)c2ccc(Nc3ccc(OC)c(Cl)c3)cn2)c1. The lowest BCUT2D eigenvalue weighted by Gasteiger charge is -2.10. The van der Waals surface area contributed by atoms with E-state index in [-0.39, 0.29) is 5.91 Å². The van der Waals surface area contributed by atoms with Crippen LogP contribution in [-0.4, -0.2) is 25.1 Å². The monoisotopic (exact) mass is 383 g/mol. The number of carbonyl (C=O) groups is 1. The van der Waals surface area contributed by atoms with Crippen LogP contribution in [0.1, 0.15) is 10.5 Å². The topological polar surface area (TPSA) is 72.5 Å². The molecule has 0 aliphatic rings. The summed E-state index contributed by atoms with van der Waals surface area (Å²) in [5, 5.41) is 6.47. The first-order valence-corrected chi connectivity index (χ1v) is 8.49. The number of aromatic nitrogens is 1. The summed E-state index contributed by atoms with van der Waals surface area (Å²) in [6.07, 6.45) is 1.58. The van der Waals surface area contributed by atoms with Crippen LogP contribution in [0.4, 0.5) is 17.1 Å². The van der Waals surface area contributed by atoms with Crippen molar-refractivity contribution in [1.82, 2.24) is 4.98 Å². The standard InChI is InChI=1S/C20H18ClN3O3/c1-26-16-5-3-4-13(10-16)24-20(25)18-8-6-15(12-22-18)23-14-7-9-19(27-2)17(21)11-14/h3-12,23H,1-2H3,(H,24,25). The molecular formula is C20H18ClN3O3. The minimum atomic E-state index is -0.303. The molecule has 2 aromatic carbocycles. The van der Waals surface area contributed by atoms with Crippen LogP contribution in [0.3, 0.4) is 0 Å². The Morgan fingerprint density at radius 1 is 0.963 bits per heavy atom. The van der Waals surface area contributed by atoms with Crippen LogP contribution in [0, 0.1) is 0 Å². The average Bonchev–Trinajstić information content (AvgIpc) is 2.69. The molecule has 3 aromatic rings. The van der Waals surface area contributed by atoms with E-state index in [1.807, 2.05) is 6.07 Å². The molecule has 0 saturated heterocycles. The molecule has 0 fully saturated rings. The van der Waals surface area contributed by atoms with Gasteiger partial charge in [0.05, 0.1) is 31.1 Å². The summed E-state index contributed by atoms with van der Waals surface area (Å²) < 4.78 is 10.3. The van der Waals surface area contributed by atoms with Crippen molar-refractivity contribution in [3.8, 4) is 11.5 Å². The molecule has 0 bridgehead atoms. The zero-order chi connectivity index (χ0) is 19.2. The van der Waals surface area contributed by atoms with Gasteiger partial charge in [0, 0.05) is 17.4 Å². The molecule has 1 aromatic heterocycles. The minimum Gasteiger partial charge on any atom is -0.497 e. The van der Waals surface area contributed by atoms with Crippen LogP contribution in [-0.2, 0) is 0 Å². The summed E-state index contributed by atoms with van der Waals surface area (Å²) in [6, 6.07) is 15.9. The molecule has 6 nitrogen and oxygen atoms in total. The predicted octanol–water partition coefficient (Wildman–Crippen LogP) is 4.75. The Morgan fingerprint density at radius 2 is 1.78 bits per heavy atom. The van der Waals surface area contributed by atoms with Crippen molar-refractivity contribution in [2.75, 3.05) is 24.9 Å². The van der Waals surface area contributed by atoms with Crippen LogP contribution in [0.2, 0.25) is 5.02 Å². The quantitative estimate of drug-likeness (QED) is 0.642. The lowest BCUT2D eigenvalue weighted by molar-refractivity contribution is 0.102. The van der Waals surface area contributed by atoms with Gasteiger partial charge < -0.3 is 20.1 Å². The Labute approximate surface area is 162 Å². The Morgan fingerprint density at radius 3 is 2.44 bits per heavy atom. The lowest BCUT2D eigenvalue weighted by Crippen LogP contribution is -2.13. The van der Waals surface area contributed by atoms with Crippen molar-refractivity contribution in [3.63, 3.8) is 0 Å². The fraction of sp³-hybridized carbons (Fsp3) is 0.100. The van der Waals surface area contributed by atoms with Crippen LogP contribution in [0.15, 0.2) is 60.8 Å². The molecular weight excluding hydrogens is 366 g/mol. The van der Waals surface area contributed by atoms with E-state index in [1.165, 1.54) is 0 Å². The van der Waals surface area contributed by atoms with E-state index in [0.29, 0.717) is 27.9 Å². The lowest BCUT2D eigenvalue weighted by atomic mass is 10.2. The van der Waals surface area contributed by atoms with Gasteiger partial charge in [-0.05, 0) is 42.5 Å². The fourth-order valence-corrected chi connectivity index (χ4v) is 2.67. The molecule has 0 aliphatic carbocycles. The normalized spacial score (nSPS) is 10.2. The van der Waals surface area contributed by atoms with Crippen LogP contribution in [0.25, 0.3) is 0 Å². The number of halogens is 1. The maximum absolute atomic E-state index is 12.3. The Bertz CT molecular complexity index is 945. The molecule has 1 amide bonds. The molecule has 0 aliphatic heterocycles. The van der Waals surface area contributed by atoms with Gasteiger partial charge in [-0.1, -0.05) is 17.7 Å². The molecule has 1 heterocycles. The van der Waals surface area contributed by atoms with E-state index < -0.39 is 0 Å². The number of carbonyl (C=O) groups excluding carboxylic acids is 1. The van der Waals surface area contributed by atoms with Crippen molar-refractivity contribution in [3.05, 3.63) is 71.5 Å². The number of nitrogens with one attached hydrogen (secondary N) is 2. The van der Waals surface area contributed by atoms with Crippen molar-refractivity contribution in [1.29, 1.82) is 0 Å². The Balaban J connectivity index is 1.67. The highest BCUT2D eigenvalue weighted by Gasteiger charge is 2.09. The zero-order valence-electron chi connectivity index (χ0n) is 14.8. The van der Waals surface area contributed by atoms with Gasteiger partial charge in [-0.15, -0.1) is 0 Å². The van der Waals surface area contributed by atoms with Gasteiger partial charge in [-0.2, -0.15) is 0 Å². The number of anilines is 3. The summed E-state index contributed by atoms with van der Waals surface area (Å²) in [6.45, 7) is 0. The third-order valence-electron chi connectivity index (χ3n) is 3.76. The third-order valence-corrected chi connectivity index (χ3v) is 4.06. The summed E-state index contributed by atoms with van der Waals surface area (Å²) >= 11 is 6.12. The van der Waals surface area contributed by atoms with Gasteiger partial charge in [0.2, 0.25) is 0 Å². The first-order valence-electron chi connectivity index (χ1n) is 8.11. The van der Waals surface area contributed by atoms with E-state index >= 15 is 0 Å². The average molecular weight is 384 g/mol. The number of hydrogen-bond donors (Lipinski definition) is 2. The van der Waals surface area contributed by atoms with Gasteiger partial charge in [0.15, 0.2) is 0 Å². The van der Waals surface area contributed by atoms with Gasteiger partial charge in [0.25, 0.3) is 5.91 Å². The largest absolute Gasteiger partial charge is 0.497 e. The second kappa shape index (κ2) is 8.42. The summed E-state index contributed by atoms with van der Waals surface area (Å²) in [5.41, 5.74) is 2.46. The van der Waals surface area contributed by atoms with Gasteiger partial charge in [-0.25, -0.2) is 4.98 Å². The highest BCUT2D eigenvalue weighted by Crippen LogP contribution is 2.28. The first-order chi connectivity index (χ1) is 13.1. The third kappa shape index (κ3) is 4.68. The second-order valence-electron chi connectivity index (χ2n) is 5.59. The number of ether oxygens (including phenoxy) is 2. The highest BCUT2D eigenvalue weighted by atomic mass is 35.5. The molecule has 27 heavy (non-hydrogen) atoms. The van der Waals surface area contributed by atoms with Crippen LogP contribution >= 0.6 is 11.6 Å². The molecule has 0 spiro atoms. The Kier molecular flexibility index (Phi) is 5.78. The number of benzene rings is 2. The maximum atomic E-state index is 12.3. The number of nitrogens with zero attached hydrogens (tertiary/aromatic N) is 1. The molecule has 0 atom stereocenters. The predicted molar refractivity (Wildman–Crippen MR) is 106 cm³/mol. The second-order valence-corrected chi connectivity index (χ2v) is 6.00. The summed E-state index contributed by atoms with van der Waals surface area (Å²) in [4.78, 5) is 16.5. The molecule has 0 radical (unpaired) electrons. The van der Waals surface area contributed by atoms with E-state index in [2.05, 4.69) is 15.6 Å². The summed E-state index contributed by atoms with van der Waals surface area (Å²) in [5.74, 6) is 0.964. The fourth-order valence-electron chi connectivity index (χ4n) is 2.41. The van der Waals surface area contributed by atoms with Crippen molar-refractivity contribution in [2.45, 2.75) is 0 Å². The molecule has 2 N–H and O–H groups in total. The van der Waals surface area contributed by atoms with Gasteiger partial charge in [-0.3, -0.25) is 4.79 Å². The molecule has 0 unspecified atom stereocenters. The number of rotatable bonds is 6. The van der Waals surface area contributed by atoms with Crippen molar-refractivity contribution < 1.29 is 14.3 Å². The van der Waals surface area contributed by atoms with E-state index in [4.69, 9.17) is 21.1 Å². The number of methoxy groups -OCH3 is 2. The van der Waals surface area contributed by atoms with Crippen molar-refractivity contribution in [2.24, 2.45) is 0 Å². The summed E-state index contributed by atoms with van der Waals surface area (Å²) in [7, 11) is 3.14. The highest BCUT2D eigenvalue weighted by molar-refractivity contribution is 6.32. The smallest absolute Gasteiger partial charge is 0.274 e. The van der Waals surface area contributed by atoms with Crippen molar-refractivity contribution >= 4 is 34.6 Å². The number of hydrogen-bond acceptors (Lipinski definition) is 5. The number of amides is 1. The maximum Gasteiger partial charge on any atom is 0.274 e. The van der Waals surface area contributed by atoms with E-state index in [9.17, 15) is 4.79 Å². The molecule has 3 rings (SSSR count). The minimum absolute atomic E-state index is 0.302. The Hall–Kier alpha value is -3.25.